The van der Waals surface area contributed by atoms with Crippen molar-refractivity contribution in [1.29, 1.82) is 0 Å². The first-order valence-corrected chi connectivity index (χ1v) is 13.5. The maximum atomic E-state index is 13.1. The second kappa shape index (κ2) is 10.4. The summed E-state index contributed by atoms with van der Waals surface area (Å²) in [5.74, 6) is 1.25. The van der Waals surface area contributed by atoms with Crippen molar-refractivity contribution in [3.05, 3.63) is 57.7 Å². The van der Waals surface area contributed by atoms with E-state index in [2.05, 4.69) is 26.8 Å². The zero-order valence-electron chi connectivity index (χ0n) is 20.7. The van der Waals surface area contributed by atoms with Crippen LogP contribution in [-0.2, 0) is 10.0 Å². The highest BCUT2D eigenvalue weighted by atomic mass is 32.2. The number of rotatable bonds is 8. The molecular weight excluding hydrogens is 466 g/mol. The van der Waals surface area contributed by atoms with E-state index in [1.807, 2.05) is 0 Å². The lowest BCUT2D eigenvalue weighted by Crippen LogP contribution is -2.35. The fourth-order valence-electron chi connectivity index (χ4n) is 4.43. The fourth-order valence-corrected chi connectivity index (χ4v) is 5.77. The summed E-state index contributed by atoms with van der Waals surface area (Å²) in [6.07, 6.45) is 3.17. The number of nitrogens with zero attached hydrogens (tertiary/aromatic N) is 4. The predicted octanol–water partition coefficient (Wildman–Crippen LogP) is 3.21. The van der Waals surface area contributed by atoms with Crippen LogP contribution in [0.25, 0.3) is 16.9 Å². The Morgan fingerprint density at radius 3 is 2.54 bits per heavy atom. The number of nitrogens with one attached hydrogen (secondary N) is 1. The molecule has 1 aliphatic heterocycles. The molecular formula is C25H33N5O4S. The minimum Gasteiger partial charge on any atom is -0.359 e. The molecule has 0 unspecified atom stereocenters. The lowest BCUT2D eigenvalue weighted by atomic mass is 9.99. The van der Waals surface area contributed by atoms with Gasteiger partial charge in [0.2, 0.25) is 10.0 Å². The summed E-state index contributed by atoms with van der Waals surface area (Å²) < 4.78 is 35.4. The minimum absolute atomic E-state index is 0.207. The summed E-state index contributed by atoms with van der Waals surface area (Å²) in [6, 6.07) is 8.16. The molecule has 188 valence electrons. The number of aromatic nitrogens is 3. The van der Waals surface area contributed by atoms with Crippen LogP contribution in [0.15, 0.2) is 44.5 Å². The highest BCUT2D eigenvalue weighted by Crippen LogP contribution is 2.24. The average Bonchev–Trinajstić information content (AvgIpc) is 3.16. The second-order valence-electron chi connectivity index (χ2n) is 9.40. The van der Waals surface area contributed by atoms with Gasteiger partial charge in [0.25, 0.3) is 5.56 Å². The van der Waals surface area contributed by atoms with Gasteiger partial charge in [-0.2, -0.15) is 9.78 Å². The predicted molar refractivity (Wildman–Crippen MR) is 134 cm³/mol. The number of piperidine rings is 1. The Morgan fingerprint density at radius 2 is 1.86 bits per heavy atom. The SMILES string of the molecule is Cc1ccc(-c2ccc(=O)n(-c3c(C)noc3C)n2)cc1S(=O)(=O)NCCCN1CCC(C)CC1. The normalized spacial score (nSPS) is 15.5. The molecule has 0 atom stereocenters. The number of hydrogen-bond donors (Lipinski definition) is 1. The Morgan fingerprint density at radius 1 is 1.11 bits per heavy atom. The van der Waals surface area contributed by atoms with Crippen LogP contribution in [0.1, 0.15) is 43.2 Å². The molecule has 4 rings (SSSR count). The van der Waals surface area contributed by atoms with Crippen molar-refractivity contribution in [2.75, 3.05) is 26.2 Å². The van der Waals surface area contributed by atoms with Crippen LogP contribution in [0.3, 0.4) is 0 Å². The van der Waals surface area contributed by atoms with E-state index in [0.717, 1.165) is 32.0 Å². The first-order chi connectivity index (χ1) is 16.7. The zero-order valence-corrected chi connectivity index (χ0v) is 21.6. The van der Waals surface area contributed by atoms with Crippen LogP contribution in [-0.4, -0.2) is 54.4 Å². The van der Waals surface area contributed by atoms with Crippen molar-refractivity contribution < 1.29 is 12.9 Å². The highest BCUT2D eigenvalue weighted by Gasteiger charge is 2.20. The molecule has 35 heavy (non-hydrogen) atoms. The van der Waals surface area contributed by atoms with Crippen LogP contribution in [0.4, 0.5) is 0 Å². The van der Waals surface area contributed by atoms with Crippen molar-refractivity contribution in [1.82, 2.24) is 24.6 Å². The lowest BCUT2D eigenvalue weighted by Gasteiger charge is -2.30. The molecule has 3 aromatic rings. The minimum atomic E-state index is -3.70. The molecule has 3 heterocycles. The molecule has 0 saturated carbocycles. The molecule has 2 aromatic heterocycles. The topological polar surface area (TPSA) is 110 Å². The van der Waals surface area contributed by atoms with Gasteiger partial charge in [0.15, 0.2) is 5.76 Å². The summed E-state index contributed by atoms with van der Waals surface area (Å²) in [4.78, 5) is 15.1. The van der Waals surface area contributed by atoms with Gasteiger partial charge in [0, 0.05) is 18.2 Å². The van der Waals surface area contributed by atoms with Crippen molar-refractivity contribution in [3.8, 4) is 16.9 Å². The third kappa shape index (κ3) is 5.71. The fraction of sp³-hybridized carbons (Fsp3) is 0.480. The van der Waals surface area contributed by atoms with E-state index in [0.29, 0.717) is 40.5 Å². The van der Waals surface area contributed by atoms with E-state index in [4.69, 9.17) is 4.52 Å². The Labute approximate surface area is 206 Å². The third-order valence-corrected chi connectivity index (χ3v) is 8.20. The lowest BCUT2D eigenvalue weighted by molar-refractivity contribution is 0.191. The molecule has 0 aliphatic carbocycles. The zero-order chi connectivity index (χ0) is 25.2. The summed E-state index contributed by atoms with van der Waals surface area (Å²) in [5.41, 5.74) is 2.42. The maximum Gasteiger partial charge on any atom is 0.271 e. The van der Waals surface area contributed by atoms with Crippen LogP contribution < -0.4 is 10.3 Å². The molecule has 0 spiro atoms. The number of likely N-dealkylation sites (tertiary alicyclic amines) is 1. The molecule has 10 heteroatoms. The summed E-state index contributed by atoms with van der Waals surface area (Å²) in [5, 5.41) is 8.37. The first-order valence-electron chi connectivity index (χ1n) is 12.0. The average molecular weight is 500 g/mol. The van der Waals surface area contributed by atoms with Crippen molar-refractivity contribution in [2.45, 2.75) is 51.9 Å². The summed E-state index contributed by atoms with van der Waals surface area (Å²) in [6.45, 7) is 10.9. The second-order valence-corrected chi connectivity index (χ2v) is 11.1. The maximum absolute atomic E-state index is 13.1. The van der Waals surface area contributed by atoms with Crippen LogP contribution >= 0.6 is 0 Å². The molecule has 1 aliphatic rings. The molecule has 1 N–H and O–H groups in total. The van der Waals surface area contributed by atoms with Gasteiger partial charge in [-0.1, -0.05) is 24.2 Å². The van der Waals surface area contributed by atoms with Gasteiger partial charge >= 0.3 is 0 Å². The van der Waals surface area contributed by atoms with E-state index in [1.54, 1.807) is 45.0 Å². The molecule has 1 fully saturated rings. The number of benzene rings is 1. The van der Waals surface area contributed by atoms with Gasteiger partial charge in [-0.05, 0) is 83.3 Å². The van der Waals surface area contributed by atoms with Crippen molar-refractivity contribution in [2.24, 2.45) is 5.92 Å². The molecule has 0 amide bonds. The summed E-state index contributed by atoms with van der Waals surface area (Å²) in [7, 11) is -3.70. The number of aryl methyl sites for hydroxylation is 3. The molecule has 9 nitrogen and oxygen atoms in total. The molecule has 1 saturated heterocycles. The Kier molecular flexibility index (Phi) is 7.53. The van der Waals surface area contributed by atoms with Gasteiger partial charge < -0.3 is 9.42 Å². The van der Waals surface area contributed by atoms with Gasteiger partial charge in [-0.25, -0.2) is 13.1 Å². The Balaban J connectivity index is 1.52. The molecule has 0 radical (unpaired) electrons. The van der Waals surface area contributed by atoms with Crippen molar-refractivity contribution >= 4 is 10.0 Å². The van der Waals surface area contributed by atoms with E-state index in [-0.39, 0.29) is 10.5 Å². The van der Waals surface area contributed by atoms with E-state index in [1.165, 1.54) is 23.6 Å². The van der Waals surface area contributed by atoms with Gasteiger partial charge in [-0.15, -0.1) is 0 Å². The third-order valence-electron chi connectivity index (χ3n) is 6.60. The van der Waals surface area contributed by atoms with Crippen LogP contribution in [0.2, 0.25) is 0 Å². The van der Waals surface area contributed by atoms with E-state index in [9.17, 15) is 13.2 Å². The van der Waals surface area contributed by atoms with Gasteiger partial charge in [-0.3, -0.25) is 4.79 Å². The van der Waals surface area contributed by atoms with E-state index < -0.39 is 10.0 Å². The van der Waals surface area contributed by atoms with Gasteiger partial charge in [0.05, 0.1) is 10.6 Å². The Bertz CT molecular complexity index is 1330. The van der Waals surface area contributed by atoms with Crippen molar-refractivity contribution in [3.63, 3.8) is 0 Å². The monoisotopic (exact) mass is 499 g/mol. The van der Waals surface area contributed by atoms with Crippen LogP contribution in [0.5, 0.6) is 0 Å². The largest absolute Gasteiger partial charge is 0.359 e. The molecule has 0 bridgehead atoms. The van der Waals surface area contributed by atoms with Gasteiger partial charge in [0.1, 0.15) is 11.4 Å². The highest BCUT2D eigenvalue weighted by molar-refractivity contribution is 7.89. The summed E-state index contributed by atoms with van der Waals surface area (Å²) >= 11 is 0. The molecule has 1 aromatic carbocycles. The quantitative estimate of drug-likeness (QED) is 0.474. The first kappa shape index (κ1) is 25.3. The number of sulfonamides is 1. The van der Waals surface area contributed by atoms with Crippen LogP contribution in [0, 0.1) is 26.7 Å². The van der Waals surface area contributed by atoms with E-state index >= 15 is 0 Å². The standard InChI is InChI=1S/C25H33N5O4S/c1-17-10-14-29(15-11-17)13-5-12-26-35(32,33)23-16-21(7-6-18(23)2)22-8-9-24(31)30(27-22)25-19(3)28-34-20(25)4/h6-9,16-17,26H,5,10-15H2,1-4H3. The Hall–Kier alpha value is -2.82. The smallest absolute Gasteiger partial charge is 0.271 e. The number of hydrogen-bond acceptors (Lipinski definition) is 7.